The van der Waals surface area contributed by atoms with Crippen molar-refractivity contribution in [2.45, 2.75) is 44.9 Å². The van der Waals surface area contributed by atoms with Crippen molar-refractivity contribution in [2.24, 2.45) is 11.8 Å². The van der Waals surface area contributed by atoms with Crippen LogP contribution in [0.1, 0.15) is 44.9 Å². The van der Waals surface area contributed by atoms with Gasteiger partial charge in [-0.15, -0.1) is 0 Å². The molecule has 2 aliphatic rings. The molecule has 2 nitrogen and oxygen atoms in total. The average Bonchev–Trinajstić information content (AvgIpc) is 2.45. The summed E-state index contributed by atoms with van der Waals surface area (Å²) in [5, 5.41) is 7.16. The molecule has 2 N–H and O–H groups in total. The van der Waals surface area contributed by atoms with E-state index >= 15 is 0 Å². The summed E-state index contributed by atoms with van der Waals surface area (Å²) in [5.41, 5.74) is 0. The topological polar surface area (TPSA) is 24.1 Å². The van der Waals surface area contributed by atoms with Crippen LogP contribution < -0.4 is 10.6 Å². The highest BCUT2D eigenvalue weighted by molar-refractivity contribution is 4.77. The van der Waals surface area contributed by atoms with Crippen LogP contribution in [0.3, 0.4) is 0 Å². The summed E-state index contributed by atoms with van der Waals surface area (Å²) in [6, 6.07) is 0. The van der Waals surface area contributed by atoms with Crippen LogP contribution in [0.4, 0.5) is 0 Å². The van der Waals surface area contributed by atoms with Crippen molar-refractivity contribution in [3.05, 3.63) is 0 Å². The molecule has 0 amide bonds. The van der Waals surface area contributed by atoms with E-state index < -0.39 is 0 Å². The summed E-state index contributed by atoms with van der Waals surface area (Å²) in [6.45, 7) is 5.03. The first-order chi connectivity index (χ1) is 7.47. The highest BCUT2D eigenvalue weighted by atomic mass is 14.9. The van der Waals surface area contributed by atoms with Gasteiger partial charge in [-0.3, -0.25) is 0 Å². The summed E-state index contributed by atoms with van der Waals surface area (Å²) in [4.78, 5) is 0. The molecule has 2 atom stereocenters. The number of hydrogen-bond acceptors (Lipinski definition) is 2. The van der Waals surface area contributed by atoms with Crippen molar-refractivity contribution in [1.29, 1.82) is 0 Å². The minimum absolute atomic E-state index is 0.965. The van der Waals surface area contributed by atoms with E-state index in [9.17, 15) is 0 Å². The SMILES string of the molecule is C1CCC(C2CCCCNC2)CCNC1. The Morgan fingerprint density at radius 2 is 1.33 bits per heavy atom. The van der Waals surface area contributed by atoms with E-state index in [0.717, 1.165) is 11.8 Å². The van der Waals surface area contributed by atoms with Gasteiger partial charge in [-0.1, -0.05) is 19.3 Å². The zero-order valence-electron chi connectivity index (χ0n) is 9.93. The van der Waals surface area contributed by atoms with E-state index in [1.165, 1.54) is 71.1 Å². The van der Waals surface area contributed by atoms with Gasteiger partial charge >= 0.3 is 0 Å². The van der Waals surface area contributed by atoms with Crippen LogP contribution in [0.15, 0.2) is 0 Å². The molecule has 2 heterocycles. The normalized spacial score (nSPS) is 35.2. The van der Waals surface area contributed by atoms with Gasteiger partial charge in [0.1, 0.15) is 0 Å². The lowest BCUT2D eigenvalue weighted by Gasteiger charge is -2.28. The molecule has 0 radical (unpaired) electrons. The predicted molar refractivity (Wildman–Crippen MR) is 65.0 cm³/mol. The monoisotopic (exact) mass is 210 g/mol. The minimum Gasteiger partial charge on any atom is -0.317 e. The third-order valence-corrected chi connectivity index (χ3v) is 4.12. The quantitative estimate of drug-likeness (QED) is 0.693. The van der Waals surface area contributed by atoms with Crippen molar-refractivity contribution in [1.82, 2.24) is 10.6 Å². The van der Waals surface area contributed by atoms with Crippen LogP contribution >= 0.6 is 0 Å². The lowest BCUT2D eigenvalue weighted by molar-refractivity contribution is 0.258. The highest BCUT2D eigenvalue weighted by Crippen LogP contribution is 2.28. The molecular weight excluding hydrogens is 184 g/mol. The summed E-state index contributed by atoms with van der Waals surface area (Å²) >= 11 is 0. The third-order valence-electron chi connectivity index (χ3n) is 4.12. The smallest absolute Gasteiger partial charge is 0.00179 e. The first-order valence-corrected chi connectivity index (χ1v) is 6.88. The van der Waals surface area contributed by atoms with Gasteiger partial charge in [0.05, 0.1) is 0 Å². The van der Waals surface area contributed by atoms with Gasteiger partial charge in [0.15, 0.2) is 0 Å². The zero-order chi connectivity index (χ0) is 10.3. The molecule has 2 rings (SSSR count). The molecule has 0 aromatic heterocycles. The molecule has 2 fully saturated rings. The molecule has 0 aromatic rings. The second-order valence-electron chi connectivity index (χ2n) is 5.25. The van der Waals surface area contributed by atoms with Gasteiger partial charge < -0.3 is 10.6 Å². The minimum atomic E-state index is 0.965. The summed E-state index contributed by atoms with van der Waals surface area (Å²) in [7, 11) is 0. The first-order valence-electron chi connectivity index (χ1n) is 6.88. The van der Waals surface area contributed by atoms with Crippen molar-refractivity contribution in [3.8, 4) is 0 Å². The Bertz CT molecular complexity index is 154. The lowest BCUT2D eigenvalue weighted by atomic mass is 9.82. The summed E-state index contributed by atoms with van der Waals surface area (Å²) in [6.07, 6.45) is 10.0. The Kier molecular flexibility index (Phi) is 4.94. The maximum absolute atomic E-state index is 3.61. The molecule has 15 heavy (non-hydrogen) atoms. The van der Waals surface area contributed by atoms with E-state index in [-0.39, 0.29) is 0 Å². The van der Waals surface area contributed by atoms with E-state index in [1.54, 1.807) is 0 Å². The summed E-state index contributed by atoms with van der Waals surface area (Å²) < 4.78 is 0. The Morgan fingerprint density at radius 1 is 0.600 bits per heavy atom. The fraction of sp³-hybridized carbons (Fsp3) is 1.00. The van der Waals surface area contributed by atoms with Gasteiger partial charge in [-0.2, -0.15) is 0 Å². The second-order valence-corrected chi connectivity index (χ2v) is 5.25. The maximum atomic E-state index is 3.61. The Morgan fingerprint density at radius 3 is 2.20 bits per heavy atom. The molecular formula is C13H26N2. The highest BCUT2D eigenvalue weighted by Gasteiger charge is 2.22. The van der Waals surface area contributed by atoms with Gasteiger partial charge in [-0.25, -0.2) is 0 Å². The van der Waals surface area contributed by atoms with Crippen LogP contribution in [0.2, 0.25) is 0 Å². The third kappa shape index (κ3) is 3.76. The molecule has 2 heteroatoms. The fourth-order valence-corrected chi connectivity index (χ4v) is 3.13. The van der Waals surface area contributed by atoms with E-state index in [0.29, 0.717) is 0 Å². The molecule has 2 aliphatic heterocycles. The van der Waals surface area contributed by atoms with Crippen molar-refractivity contribution < 1.29 is 0 Å². The standard InChI is InChI=1S/C13H26N2/c1-3-8-14-10-7-12(5-1)13-6-2-4-9-15-11-13/h12-15H,1-11H2. The largest absolute Gasteiger partial charge is 0.317 e. The van der Waals surface area contributed by atoms with Crippen LogP contribution in [-0.2, 0) is 0 Å². The zero-order valence-corrected chi connectivity index (χ0v) is 9.93. The Hall–Kier alpha value is -0.0800. The average molecular weight is 210 g/mol. The molecule has 2 unspecified atom stereocenters. The first kappa shape index (κ1) is 11.4. The van der Waals surface area contributed by atoms with Crippen molar-refractivity contribution in [2.75, 3.05) is 26.2 Å². The van der Waals surface area contributed by atoms with Gasteiger partial charge in [0.25, 0.3) is 0 Å². The van der Waals surface area contributed by atoms with Crippen molar-refractivity contribution >= 4 is 0 Å². The van der Waals surface area contributed by atoms with Gasteiger partial charge in [0.2, 0.25) is 0 Å². The molecule has 0 bridgehead atoms. The predicted octanol–water partition coefficient (Wildman–Crippen LogP) is 2.16. The number of hydrogen-bond donors (Lipinski definition) is 2. The second kappa shape index (κ2) is 6.49. The number of rotatable bonds is 1. The van der Waals surface area contributed by atoms with Crippen LogP contribution in [0.5, 0.6) is 0 Å². The molecule has 0 aromatic carbocycles. The van der Waals surface area contributed by atoms with Crippen LogP contribution in [0, 0.1) is 11.8 Å². The van der Waals surface area contributed by atoms with Gasteiger partial charge in [-0.05, 0) is 63.7 Å². The molecule has 0 aliphatic carbocycles. The molecule has 0 spiro atoms. The molecule has 0 saturated carbocycles. The fourth-order valence-electron chi connectivity index (χ4n) is 3.13. The van der Waals surface area contributed by atoms with E-state index in [2.05, 4.69) is 10.6 Å². The lowest BCUT2D eigenvalue weighted by Crippen LogP contribution is -2.30. The van der Waals surface area contributed by atoms with Crippen LogP contribution in [0.25, 0.3) is 0 Å². The van der Waals surface area contributed by atoms with Gasteiger partial charge in [0, 0.05) is 0 Å². The molecule has 2 saturated heterocycles. The summed E-state index contributed by atoms with van der Waals surface area (Å²) in [5.74, 6) is 1.95. The maximum Gasteiger partial charge on any atom is -0.00179 e. The van der Waals surface area contributed by atoms with E-state index in [4.69, 9.17) is 0 Å². The Labute approximate surface area is 94.2 Å². The van der Waals surface area contributed by atoms with Crippen molar-refractivity contribution in [3.63, 3.8) is 0 Å². The Balaban J connectivity index is 1.82. The van der Waals surface area contributed by atoms with Crippen LogP contribution in [-0.4, -0.2) is 26.2 Å². The molecule has 88 valence electrons. The van der Waals surface area contributed by atoms with E-state index in [1.807, 2.05) is 0 Å². The number of nitrogens with one attached hydrogen (secondary N) is 2.